The van der Waals surface area contributed by atoms with Crippen LogP contribution in [0.2, 0.25) is 0 Å². The van der Waals surface area contributed by atoms with Gasteiger partial charge in [-0.1, -0.05) is 6.07 Å². The predicted octanol–water partition coefficient (Wildman–Crippen LogP) is 1.25. The smallest absolute Gasteiger partial charge is 0.251 e. The van der Waals surface area contributed by atoms with Crippen molar-refractivity contribution in [3.63, 3.8) is 0 Å². The van der Waals surface area contributed by atoms with Crippen LogP contribution in [0.1, 0.15) is 21.5 Å². The fourth-order valence-electron chi connectivity index (χ4n) is 1.24. The minimum atomic E-state index is -0.0933. The summed E-state index contributed by atoms with van der Waals surface area (Å²) in [7, 11) is 1.61. The molecule has 0 aliphatic rings. The van der Waals surface area contributed by atoms with Gasteiger partial charge in [0, 0.05) is 18.3 Å². The van der Waals surface area contributed by atoms with Gasteiger partial charge >= 0.3 is 0 Å². The molecule has 0 atom stereocenters. The van der Waals surface area contributed by atoms with Gasteiger partial charge in [-0.25, -0.2) is 0 Å². The van der Waals surface area contributed by atoms with Crippen LogP contribution < -0.4 is 11.1 Å². The van der Waals surface area contributed by atoms with Crippen molar-refractivity contribution >= 4 is 11.6 Å². The normalized spacial score (nSPS) is 9.77. The van der Waals surface area contributed by atoms with Crippen LogP contribution in [0, 0.1) is 13.8 Å². The molecule has 0 aliphatic heterocycles. The maximum absolute atomic E-state index is 11.3. The van der Waals surface area contributed by atoms with Gasteiger partial charge in [0.05, 0.1) is 0 Å². The molecule has 1 rings (SSSR count). The third kappa shape index (κ3) is 1.64. The van der Waals surface area contributed by atoms with Crippen LogP contribution in [0.3, 0.4) is 0 Å². The topological polar surface area (TPSA) is 55.1 Å². The second kappa shape index (κ2) is 3.47. The van der Waals surface area contributed by atoms with Gasteiger partial charge in [0.15, 0.2) is 0 Å². The summed E-state index contributed by atoms with van der Waals surface area (Å²) < 4.78 is 0. The summed E-state index contributed by atoms with van der Waals surface area (Å²) in [5, 5.41) is 2.57. The Morgan fingerprint density at radius 3 is 2.54 bits per heavy atom. The number of carbonyl (C=O) groups is 1. The Labute approximate surface area is 77.9 Å². The van der Waals surface area contributed by atoms with Crippen molar-refractivity contribution in [2.24, 2.45) is 0 Å². The number of hydrogen-bond donors (Lipinski definition) is 2. The van der Waals surface area contributed by atoms with E-state index in [0.29, 0.717) is 11.3 Å². The molecule has 0 spiro atoms. The van der Waals surface area contributed by atoms with Crippen LogP contribution in [0.25, 0.3) is 0 Å². The lowest BCUT2D eigenvalue weighted by Crippen LogP contribution is -2.19. The third-order valence-corrected chi connectivity index (χ3v) is 2.20. The lowest BCUT2D eigenvalue weighted by molar-refractivity contribution is 0.0962. The molecule has 0 saturated heterocycles. The van der Waals surface area contributed by atoms with Gasteiger partial charge < -0.3 is 11.1 Å². The molecule has 3 N–H and O–H groups in total. The summed E-state index contributed by atoms with van der Waals surface area (Å²) in [6.07, 6.45) is 0. The van der Waals surface area contributed by atoms with E-state index in [1.165, 1.54) is 0 Å². The van der Waals surface area contributed by atoms with E-state index in [2.05, 4.69) is 5.32 Å². The van der Waals surface area contributed by atoms with E-state index >= 15 is 0 Å². The average Bonchev–Trinajstić information content (AvgIpc) is 2.13. The Kier molecular flexibility index (Phi) is 2.56. The van der Waals surface area contributed by atoms with Crippen molar-refractivity contribution in [2.75, 3.05) is 12.8 Å². The summed E-state index contributed by atoms with van der Waals surface area (Å²) >= 11 is 0. The van der Waals surface area contributed by atoms with Gasteiger partial charge in [0.25, 0.3) is 5.91 Å². The molecule has 70 valence electrons. The number of nitrogens with one attached hydrogen (secondary N) is 1. The zero-order chi connectivity index (χ0) is 10.0. The van der Waals surface area contributed by atoms with E-state index in [-0.39, 0.29) is 5.91 Å². The van der Waals surface area contributed by atoms with Crippen molar-refractivity contribution in [2.45, 2.75) is 13.8 Å². The quantitative estimate of drug-likeness (QED) is 0.636. The molecule has 3 nitrogen and oxygen atoms in total. The van der Waals surface area contributed by atoms with E-state index in [0.717, 1.165) is 11.1 Å². The van der Waals surface area contributed by atoms with E-state index < -0.39 is 0 Å². The highest BCUT2D eigenvalue weighted by atomic mass is 16.1. The van der Waals surface area contributed by atoms with Gasteiger partial charge in [-0.05, 0) is 31.0 Å². The first kappa shape index (κ1) is 9.58. The molecule has 0 saturated carbocycles. The van der Waals surface area contributed by atoms with Gasteiger partial charge in [0.2, 0.25) is 0 Å². The monoisotopic (exact) mass is 178 g/mol. The van der Waals surface area contributed by atoms with E-state index in [1.807, 2.05) is 19.9 Å². The number of nitrogen functional groups attached to an aromatic ring is 1. The summed E-state index contributed by atoms with van der Waals surface area (Å²) in [5.74, 6) is -0.0933. The van der Waals surface area contributed by atoms with Crippen molar-refractivity contribution < 1.29 is 4.79 Å². The average molecular weight is 178 g/mol. The standard InChI is InChI=1S/C10H14N2O/c1-6-4-5-8(10(13)12-3)7(2)9(6)11/h4-5H,11H2,1-3H3,(H,12,13). The number of nitrogens with two attached hydrogens (primary N) is 1. The molecule has 0 unspecified atom stereocenters. The van der Waals surface area contributed by atoms with E-state index in [9.17, 15) is 4.79 Å². The van der Waals surface area contributed by atoms with Crippen LogP contribution in [-0.4, -0.2) is 13.0 Å². The zero-order valence-corrected chi connectivity index (χ0v) is 8.14. The molecular formula is C10H14N2O. The molecule has 1 aromatic carbocycles. The van der Waals surface area contributed by atoms with Crippen molar-refractivity contribution in [3.05, 3.63) is 28.8 Å². The molecule has 0 aromatic heterocycles. The lowest BCUT2D eigenvalue weighted by Gasteiger charge is -2.09. The summed E-state index contributed by atoms with van der Waals surface area (Å²) in [6, 6.07) is 3.65. The summed E-state index contributed by atoms with van der Waals surface area (Å²) in [6.45, 7) is 3.78. The highest BCUT2D eigenvalue weighted by Gasteiger charge is 2.09. The highest BCUT2D eigenvalue weighted by Crippen LogP contribution is 2.19. The Balaban J connectivity index is 3.26. The molecule has 13 heavy (non-hydrogen) atoms. The first-order chi connectivity index (χ1) is 6.07. The van der Waals surface area contributed by atoms with Crippen molar-refractivity contribution in [1.29, 1.82) is 0 Å². The minimum absolute atomic E-state index is 0.0933. The number of benzene rings is 1. The van der Waals surface area contributed by atoms with E-state index in [1.54, 1.807) is 13.1 Å². The van der Waals surface area contributed by atoms with Crippen LogP contribution in [-0.2, 0) is 0 Å². The van der Waals surface area contributed by atoms with Crippen LogP contribution >= 0.6 is 0 Å². The fraction of sp³-hybridized carbons (Fsp3) is 0.300. The molecule has 0 fully saturated rings. The maximum Gasteiger partial charge on any atom is 0.251 e. The van der Waals surface area contributed by atoms with Crippen LogP contribution in [0.15, 0.2) is 12.1 Å². The maximum atomic E-state index is 11.3. The molecule has 3 heteroatoms. The van der Waals surface area contributed by atoms with Crippen LogP contribution in [0.5, 0.6) is 0 Å². The van der Waals surface area contributed by atoms with Gasteiger partial charge in [-0.3, -0.25) is 4.79 Å². The Morgan fingerprint density at radius 2 is 2.00 bits per heavy atom. The Bertz CT molecular complexity index is 345. The van der Waals surface area contributed by atoms with E-state index in [4.69, 9.17) is 5.73 Å². The lowest BCUT2D eigenvalue weighted by atomic mass is 10.0. The van der Waals surface area contributed by atoms with Gasteiger partial charge in [-0.15, -0.1) is 0 Å². The second-order valence-electron chi connectivity index (χ2n) is 3.05. The van der Waals surface area contributed by atoms with Gasteiger partial charge in [0.1, 0.15) is 0 Å². The van der Waals surface area contributed by atoms with Crippen molar-refractivity contribution in [1.82, 2.24) is 5.32 Å². The Morgan fingerprint density at radius 1 is 1.38 bits per heavy atom. The zero-order valence-electron chi connectivity index (χ0n) is 8.14. The molecular weight excluding hydrogens is 164 g/mol. The number of aryl methyl sites for hydroxylation is 1. The molecule has 0 heterocycles. The summed E-state index contributed by atoms with van der Waals surface area (Å²) in [5.41, 5.74) is 8.99. The van der Waals surface area contributed by atoms with Crippen molar-refractivity contribution in [3.8, 4) is 0 Å². The highest BCUT2D eigenvalue weighted by molar-refractivity contribution is 5.96. The first-order valence-electron chi connectivity index (χ1n) is 4.15. The molecule has 0 bridgehead atoms. The number of carbonyl (C=O) groups excluding carboxylic acids is 1. The molecule has 1 aromatic rings. The number of anilines is 1. The molecule has 0 radical (unpaired) electrons. The van der Waals surface area contributed by atoms with Gasteiger partial charge in [-0.2, -0.15) is 0 Å². The molecule has 1 amide bonds. The van der Waals surface area contributed by atoms with Crippen LogP contribution in [0.4, 0.5) is 5.69 Å². The largest absolute Gasteiger partial charge is 0.398 e. The fourth-order valence-corrected chi connectivity index (χ4v) is 1.24. The minimum Gasteiger partial charge on any atom is -0.398 e. The molecule has 0 aliphatic carbocycles. The number of hydrogen-bond acceptors (Lipinski definition) is 2. The second-order valence-corrected chi connectivity index (χ2v) is 3.05. The third-order valence-electron chi connectivity index (χ3n) is 2.20. The SMILES string of the molecule is CNC(=O)c1ccc(C)c(N)c1C. The Hall–Kier alpha value is -1.51. The predicted molar refractivity (Wildman–Crippen MR) is 53.7 cm³/mol. The number of amides is 1. The number of rotatable bonds is 1. The summed E-state index contributed by atoms with van der Waals surface area (Å²) in [4.78, 5) is 11.3. The first-order valence-corrected chi connectivity index (χ1v) is 4.15.